The Bertz CT molecular complexity index is 1290. The molecule has 4 rings (SSSR count). The predicted molar refractivity (Wildman–Crippen MR) is 151 cm³/mol. The average Bonchev–Trinajstić information content (AvgIpc) is 3.76. The van der Waals surface area contributed by atoms with Gasteiger partial charge in [-0.05, 0) is 64.0 Å². The molecule has 8 nitrogen and oxygen atoms in total. The van der Waals surface area contributed by atoms with E-state index in [4.69, 9.17) is 15.0 Å². The lowest BCUT2D eigenvalue weighted by molar-refractivity contribution is -0.102. The van der Waals surface area contributed by atoms with E-state index in [0.717, 1.165) is 48.1 Å². The summed E-state index contributed by atoms with van der Waals surface area (Å²) >= 11 is 1.70. The van der Waals surface area contributed by atoms with Crippen molar-refractivity contribution in [1.82, 2.24) is 25.3 Å². The number of nitrogens with zero attached hydrogens (tertiary/aromatic N) is 6. The number of carbonyl (C=O) groups excluding carboxylic acids is 1. The van der Waals surface area contributed by atoms with Crippen molar-refractivity contribution in [2.75, 3.05) is 18.2 Å². The lowest BCUT2D eigenvalue weighted by Crippen LogP contribution is -2.30. The highest BCUT2D eigenvalue weighted by Crippen LogP contribution is 2.44. The molecule has 0 amide bonds. The Hall–Kier alpha value is -3.33. The fourth-order valence-electron chi connectivity index (χ4n) is 4.12. The van der Waals surface area contributed by atoms with E-state index in [1.54, 1.807) is 18.1 Å². The van der Waals surface area contributed by atoms with Crippen molar-refractivity contribution in [2.45, 2.75) is 70.4 Å². The molecule has 2 aromatic heterocycles. The van der Waals surface area contributed by atoms with Crippen LogP contribution in [0.4, 0.5) is 11.5 Å². The zero-order valence-electron chi connectivity index (χ0n) is 22.4. The number of aromatic nitrogens is 4. The normalized spacial score (nSPS) is 14.4. The number of aryl methyl sites for hydroxylation is 2. The van der Waals surface area contributed by atoms with E-state index in [1.807, 2.05) is 39.3 Å². The molecule has 37 heavy (non-hydrogen) atoms. The minimum Gasteiger partial charge on any atom is -0.363 e. The summed E-state index contributed by atoms with van der Waals surface area (Å²) in [6.45, 7) is 8.67. The van der Waals surface area contributed by atoms with Crippen molar-refractivity contribution in [3.8, 4) is 11.4 Å². The summed E-state index contributed by atoms with van der Waals surface area (Å²) in [7, 11) is 2.01. The van der Waals surface area contributed by atoms with Crippen LogP contribution < -0.4 is 10.2 Å². The molecule has 3 aromatic rings. The molecule has 1 saturated carbocycles. The van der Waals surface area contributed by atoms with E-state index in [9.17, 15) is 4.79 Å². The summed E-state index contributed by atoms with van der Waals surface area (Å²) in [6, 6.07) is 8.46. The van der Waals surface area contributed by atoms with Crippen LogP contribution in [0.1, 0.15) is 61.7 Å². The van der Waals surface area contributed by atoms with E-state index in [0.29, 0.717) is 35.5 Å². The van der Waals surface area contributed by atoms with E-state index in [2.05, 4.69) is 46.2 Å². The number of benzene rings is 1. The maximum atomic E-state index is 12.0. The number of nitrogens with one attached hydrogen (secondary N) is 1. The molecule has 1 aliphatic carbocycles. The number of rotatable bonds is 10. The van der Waals surface area contributed by atoms with Gasteiger partial charge in [-0.25, -0.2) is 24.9 Å². The molecule has 9 heteroatoms. The molecule has 194 valence electrons. The number of carbonyl (C=O) groups is 1. The molecule has 0 saturated heterocycles. The second-order valence-electron chi connectivity index (χ2n) is 9.48. The minimum absolute atomic E-state index is 0.217. The summed E-state index contributed by atoms with van der Waals surface area (Å²) in [5.74, 6) is 1.97. The number of hydrogen-bond donors (Lipinski definition) is 1. The van der Waals surface area contributed by atoms with Crippen molar-refractivity contribution < 1.29 is 4.79 Å². The van der Waals surface area contributed by atoms with Gasteiger partial charge in [0.2, 0.25) is 0 Å². The Morgan fingerprint density at radius 1 is 1.19 bits per heavy atom. The highest BCUT2D eigenvalue weighted by molar-refractivity contribution is 7.98. The number of thioether (sulfide) groups is 1. The van der Waals surface area contributed by atoms with Gasteiger partial charge < -0.3 is 10.2 Å². The van der Waals surface area contributed by atoms with Gasteiger partial charge in [-0.1, -0.05) is 19.1 Å². The molecule has 0 radical (unpaired) electrons. The molecule has 1 atom stereocenters. The van der Waals surface area contributed by atoms with Crippen molar-refractivity contribution in [3.05, 3.63) is 53.2 Å². The third kappa shape index (κ3) is 6.15. The number of anilines is 1. The summed E-state index contributed by atoms with van der Waals surface area (Å²) in [6.07, 6.45) is 7.60. The predicted octanol–water partition coefficient (Wildman–Crippen LogP) is 5.40. The number of aldehydes is 1. The third-order valence-corrected chi connectivity index (χ3v) is 7.60. The van der Waals surface area contributed by atoms with Crippen LogP contribution in [0.2, 0.25) is 0 Å². The summed E-state index contributed by atoms with van der Waals surface area (Å²) < 4.78 is 0. The van der Waals surface area contributed by atoms with E-state index in [-0.39, 0.29) is 11.9 Å². The van der Waals surface area contributed by atoms with E-state index in [1.165, 1.54) is 4.90 Å². The lowest BCUT2D eigenvalue weighted by atomic mass is 10.1. The van der Waals surface area contributed by atoms with Gasteiger partial charge in [0.1, 0.15) is 12.0 Å². The maximum Gasteiger partial charge on any atom is 0.185 e. The smallest absolute Gasteiger partial charge is 0.185 e. The highest BCUT2D eigenvalue weighted by Gasteiger charge is 2.31. The molecule has 0 aliphatic heterocycles. The second kappa shape index (κ2) is 11.8. The second-order valence-corrected chi connectivity index (χ2v) is 10.4. The van der Waals surface area contributed by atoms with Crippen LogP contribution in [0, 0.1) is 13.8 Å². The fourth-order valence-corrected chi connectivity index (χ4v) is 4.53. The summed E-state index contributed by atoms with van der Waals surface area (Å²) in [5, 5.41) is 3.18. The first-order valence-corrected chi connectivity index (χ1v) is 13.9. The van der Waals surface area contributed by atoms with Gasteiger partial charge in [0, 0.05) is 30.4 Å². The van der Waals surface area contributed by atoms with E-state index < -0.39 is 0 Å². The van der Waals surface area contributed by atoms with Crippen LogP contribution >= 0.6 is 11.8 Å². The highest BCUT2D eigenvalue weighted by atomic mass is 32.2. The molecule has 1 aliphatic rings. The fraction of sp³-hybridized carbons (Fsp3) is 0.429. The Morgan fingerprint density at radius 3 is 2.54 bits per heavy atom. The van der Waals surface area contributed by atoms with Crippen molar-refractivity contribution in [1.29, 1.82) is 0 Å². The standard InChI is InChI=1S/C28H35N7OS/c1-7-17(2)35(5)28-25(33-23(15-36)29-14-20-8-12-22(37-6)13-9-20)19(4)32-27(34-28)24-18(3)30-16-31-26(24)21-10-11-21/h8-9,12-13,15-17,21H,7,10-11,14H2,1-6H3,(H,29,33)/t17-/m0/s1. The molecule has 2 heterocycles. The number of hydrogen-bond acceptors (Lipinski definition) is 8. The van der Waals surface area contributed by atoms with Gasteiger partial charge >= 0.3 is 0 Å². The quantitative estimate of drug-likeness (QED) is 0.165. The van der Waals surface area contributed by atoms with Crippen LogP contribution in [0.3, 0.4) is 0 Å². The SMILES string of the molecule is CC[C@H](C)N(C)c1nc(-c2c(C)ncnc2C2CC2)nc(C)c1/N=C(\C=O)NCc1ccc(SC)cc1. The number of amidine groups is 1. The number of aliphatic imine (C=N–C) groups is 1. The minimum atomic E-state index is 0.217. The van der Waals surface area contributed by atoms with Crippen LogP contribution in [-0.4, -0.2) is 51.4 Å². The van der Waals surface area contributed by atoms with Gasteiger partial charge in [-0.15, -0.1) is 11.8 Å². The van der Waals surface area contributed by atoms with Crippen LogP contribution in [0.25, 0.3) is 11.4 Å². The van der Waals surface area contributed by atoms with Crippen molar-refractivity contribution >= 4 is 35.4 Å². The van der Waals surface area contributed by atoms with Crippen LogP contribution in [0.15, 0.2) is 40.5 Å². The average molecular weight is 518 g/mol. The van der Waals surface area contributed by atoms with Gasteiger partial charge in [0.15, 0.2) is 23.8 Å². The topological polar surface area (TPSA) is 96.3 Å². The first-order valence-electron chi connectivity index (χ1n) is 12.7. The molecule has 0 unspecified atom stereocenters. The first kappa shape index (κ1) is 26.7. The molecular weight excluding hydrogens is 482 g/mol. The Morgan fingerprint density at radius 2 is 1.92 bits per heavy atom. The Kier molecular flexibility index (Phi) is 8.53. The largest absolute Gasteiger partial charge is 0.363 e. The molecule has 1 N–H and O–H groups in total. The third-order valence-electron chi connectivity index (χ3n) is 6.86. The van der Waals surface area contributed by atoms with Gasteiger partial charge in [0.25, 0.3) is 0 Å². The summed E-state index contributed by atoms with van der Waals surface area (Å²) in [4.78, 5) is 38.9. The molecule has 0 bridgehead atoms. The van der Waals surface area contributed by atoms with Gasteiger partial charge in [-0.3, -0.25) is 4.79 Å². The van der Waals surface area contributed by atoms with Crippen molar-refractivity contribution in [3.63, 3.8) is 0 Å². The maximum absolute atomic E-state index is 12.0. The van der Waals surface area contributed by atoms with Crippen molar-refractivity contribution in [2.24, 2.45) is 4.99 Å². The van der Waals surface area contributed by atoms with Crippen LogP contribution in [0.5, 0.6) is 0 Å². The summed E-state index contributed by atoms with van der Waals surface area (Å²) in [5.41, 5.74) is 5.15. The van der Waals surface area contributed by atoms with Crippen LogP contribution in [-0.2, 0) is 11.3 Å². The monoisotopic (exact) mass is 517 g/mol. The molecule has 0 spiro atoms. The zero-order chi connectivity index (χ0) is 26.5. The van der Waals surface area contributed by atoms with Gasteiger partial charge in [0.05, 0.1) is 22.6 Å². The lowest BCUT2D eigenvalue weighted by Gasteiger charge is -2.27. The Labute approximate surface area is 223 Å². The molecule has 1 aromatic carbocycles. The van der Waals surface area contributed by atoms with Gasteiger partial charge in [-0.2, -0.15) is 0 Å². The molecular formula is C28H35N7OS. The van der Waals surface area contributed by atoms with E-state index >= 15 is 0 Å². The first-order chi connectivity index (χ1) is 17.9. The zero-order valence-corrected chi connectivity index (χ0v) is 23.3. The molecule has 1 fully saturated rings. The Balaban J connectivity index is 1.74.